The first kappa shape index (κ1) is 19.4. The van der Waals surface area contributed by atoms with Gasteiger partial charge in [-0.05, 0) is 38.0 Å². The summed E-state index contributed by atoms with van der Waals surface area (Å²) in [6.07, 6.45) is 3.54. The molecule has 0 heterocycles. The van der Waals surface area contributed by atoms with Gasteiger partial charge < -0.3 is 10.0 Å². The maximum atomic E-state index is 12.5. The summed E-state index contributed by atoms with van der Waals surface area (Å²) < 4.78 is 27.7. The van der Waals surface area contributed by atoms with Crippen molar-refractivity contribution in [2.45, 2.75) is 50.0 Å². The molecule has 25 heavy (non-hydrogen) atoms. The molecule has 1 aromatic carbocycles. The van der Waals surface area contributed by atoms with E-state index in [4.69, 9.17) is 5.11 Å². The summed E-state index contributed by atoms with van der Waals surface area (Å²) in [5.74, 6) is -1.36. The number of carbonyl (C=O) groups excluding carboxylic acids is 1. The lowest BCUT2D eigenvalue weighted by molar-refractivity contribution is -0.137. The molecule has 0 saturated heterocycles. The number of hydrogen-bond acceptors (Lipinski definition) is 4. The van der Waals surface area contributed by atoms with Gasteiger partial charge in [0.1, 0.15) is 0 Å². The van der Waals surface area contributed by atoms with Crippen LogP contribution in [0, 0.1) is 0 Å². The van der Waals surface area contributed by atoms with E-state index in [1.54, 1.807) is 13.0 Å². The number of nitrogens with zero attached hydrogens (tertiary/aromatic N) is 1. The molecule has 0 aromatic heterocycles. The Morgan fingerprint density at radius 3 is 2.56 bits per heavy atom. The predicted molar refractivity (Wildman–Crippen MR) is 92.8 cm³/mol. The minimum Gasteiger partial charge on any atom is -0.481 e. The molecule has 138 valence electrons. The zero-order valence-electron chi connectivity index (χ0n) is 14.3. The van der Waals surface area contributed by atoms with Crippen LogP contribution in [0.5, 0.6) is 0 Å². The lowest BCUT2D eigenvalue weighted by atomic mass is 10.2. The van der Waals surface area contributed by atoms with Gasteiger partial charge in [-0.25, -0.2) is 13.1 Å². The Morgan fingerprint density at radius 2 is 1.96 bits per heavy atom. The minimum absolute atomic E-state index is 0.0490. The Balaban J connectivity index is 2.16. The van der Waals surface area contributed by atoms with Gasteiger partial charge in [0.25, 0.3) is 5.91 Å². The van der Waals surface area contributed by atoms with Gasteiger partial charge in [-0.2, -0.15) is 0 Å². The van der Waals surface area contributed by atoms with Crippen molar-refractivity contribution in [1.29, 1.82) is 0 Å². The van der Waals surface area contributed by atoms with Crippen LogP contribution in [0.15, 0.2) is 29.2 Å². The summed E-state index contributed by atoms with van der Waals surface area (Å²) in [6.45, 7) is 2.19. The highest BCUT2D eigenvalue weighted by molar-refractivity contribution is 7.89. The summed E-state index contributed by atoms with van der Waals surface area (Å²) in [6, 6.07) is 5.83. The standard InChI is InChI=1S/C17H24N2O5S/c1-2-19(11-10-16(20)21)17(22)13-6-5-9-15(12-13)25(23,24)18-14-7-3-4-8-14/h5-6,9,12,14,18H,2-4,7-8,10-11H2,1H3,(H,20,21). The van der Waals surface area contributed by atoms with Crippen molar-refractivity contribution in [3.05, 3.63) is 29.8 Å². The SMILES string of the molecule is CCN(CCC(=O)O)C(=O)c1cccc(S(=O)(=O)NC2CCCC2)c1. The average Bonchev–Trinajstić information content (AvgIpc) is 3.07. The second-order valence-corrected chi connectivity index (χ2v) is 7.87. The fraction of sp³-hybridized carbons (Fsp3) is 0.529. The zero-order chi connectivity index (χ0) is 18.4. The Hall–Kier alpha value is -1.93. The van der Waals surface area contributed by atoms with Gasteiger partial charge in [-0.3, -0.25) is 9.59 Å². The molecule has 0 unspecified atom stereocenters. The Kier molecular flexibility index (Phi) is 6.55. The van der Waals surface area contributed by atoms with Gasteiger partial charge in [-0.1, -0.05) is 18.9 Å². The van der Waals surface area contributed by atoms with Crippen molar-refractivity contribution in [1.82, 2.24) is 9.62 Å². The zero-order valence-corrected chi connectivity index (χ0v) is 15.1. The van der Waals surface area contributed by atoms with Crippen LogP contribution in [0.4, 0.5) is 0 Å². The first-order chi connectivity index (χ1) is 11.8. The van der Waals surface area contributed by atoms with Gasteiger partial charge in [-0.15, -0.1) is 0 Å². The summed E-state index contributed by atoms with van der Waals surface area (Å²) in [5.41, 5.74) is 0.238. The largest absolute Gasteiger partial charge is 0.481 e. The number of sulfonamides is 1. The number of carboxylic acids is 1. The third-order valence-electron chi connectivity index (χ3n) is 4.33. The highest BCUT2D eigenvalue weighted by atomic mass is 32.2. The summed E-state index contributed by atoms with van der Waals surface area (Å²) in [5, 5.41) is 8.77. The molecular weight excluding hydrogens is 344 g/mol. The van der Waals surface area contributed by atoms with Crippen LogP contribution in [0.2, 0.25) is 0 Å². The van der Waals surface area contributed by atoms with E-state index >= 15 is 0 Å². The molecule has 1 aromatic rings. The van der Waals surface area contributed by atoms with Crippen molar-refractivity contribution in [2.24, 2.45) is 0 Å². The van der Waals surface area contributed by atoms with E-state index in [0.717, 1.165) is 25.7 Å². The average molecular weight is 368 g/mol. The number of carbonyl (C=O) groups is 2. The molecule has 8 heteroatoms. The molecular formula is C17H24N2O5S. The van der Waals surface area contributed by atoms with Crippen molar-refractivity contribution in [3.8, 4) is 0 Å². The van der Waals surface area contributed by atoms with Gasteiger partial charge >= 0.3 is 5.97 Å². The highest BCUT2D eigenvalue weighted by Gasteiger charge is 2.24. The lowest BCUT2D eigenvalue weighted by Crippen LogP contribution is -2.34. The Morgan fingerprint density at radius 1 is 1.28 bits per heavy atom. The third kappa shape index (κ3) is 5.27. The number of benzene rings is 1. The number of hydrogen-bond donors (Lipinski definition) is 2. The molecule has 1 aliphatic carbocycles. The molecule has 1 aliphatic rings. The predicted octanol–water partition coefficient (Wildman–Crippen LogP) is 1.84. The first-order valence-corrected chi connectivity index (χ1v) is 9.95. The topological polar surface area (TPSA) is 104 Å². The van der Waals surface area contributed by atoms with Crippen LogP contribution < -0.4 is 4.72 Å². The first-order valence-electron chi connectivity index (χ1n) is 8.47. The lowest BCUT2D eigenvalue weighted by Gasteiger charge is -2.20. The number of carboxylic acid groups (broad SMARTS) is 1. The normalized spacial score (nSPS) is 15.2. The highest BCUT2D eigenvalue weighted by Crippen LogP contribution is 2.21. The smallest absolute Gasteiger partial charge is 0.305 e. The second-order valence-electron chi connectivity index (χ2n) is 6.16. The Labute approximate surface area is 148 Å². The van der Waals surface area contributed by atoms with Crippen molar-refractivity contribution in [3.63, 3.8) is 0 Å². The van der Waals surface area contributed by atoms with E-state index in [2.05, 4.69) is 4.72 Å². The summed E-state index contributed by atoms with van der Waals surface area (Å²) in [4.78, 5) is 24.7. The maximum absolute atomic E-state index is 12.5. The van der Waals surface area contributed by atoms with E-state index in [0.29, 0.717) is 6.54 Å². The van der Waals surface area contributed by atoms with E-state index in [-0.39, 0.29) is 35.4 Å². The Bertz CT molecular complexity index is 726. The fourth-order valence-corrected chi connectivity index (χ4v) is 4.29. The van der Waals surface area contributed by atoms with Gasteiger partial charge in [0.05, 0.1) is 11.3 Å². The molecule has 1 fully saturated rings. The maximum Gasteiger partial charge on any atom is 0.305 e. The van der Waals surface area contributed by atoms with Gasteiger partial charge in [0.15, 0.2) is 0 Å². The molecule has 0 aliphatic heterocycles. The van der Waals surface area contributed by atoms with Crippen molar-refractivity contribution in [2.75, 3.05) is 13.1 Å². The molecule has 2 rings (SSSR count). The quantitative estimate of drug-likeness (QED) is 0.729. The molecule has 2 N–H and O–H groups in total. The molecule has 1 saturated carbocycles. The van der Waals surface area contributed by atoms with Crippen LogP contribution in [0.25, 0.3) is 0 Å². The van der Waals surface area contributed by atoms with Crippen LogP contribution in [0.1, 0.15) is 49.4 Å². The summed E-state index contributed by atoms with van der Waals surface area (Å²) in [7, 11) is -3.67. The van der Waals surface area contributed by atoms with Crippen LogP contribution in [0.3, 0.4) is 0 Å². The van der Waals surface area contributed by atoms with Crippen LogP contribution >= 0.6 is 0 Å². The van der Waals surface area contributed by atoms with Crippen LogP contribution in [-0.2, 0) is 14.8 Å². The molecule has 0 atom stereocenters. The number of nitrogens with one attached hydrogen (secondary N) is 1. The summed E-state index contributed by atoms with van der Waals surface area (Å²) >= 11 is 0. The van der Waals surface area contributed by atoms with Crippen molar-refractivity contribution < 1.29 is 23.1 Å². The third-order valence-corrected chi connectivity index (χ3v) is 5.85. The van der Waals surface area contributed by atoms with Crippen LogP contribution in [-0.4, -0.2) is 49.4 Å². The molecule has 7 nitrogen and oxygen atoms in total. The van der Waals surface area contributed by atoms with Gasteiger partial charge in [0, 0.05) is 24.7 Å². The minimum atomic E-state index is -3.67. The number of aliphatic carboxylic acids is 1. The molecule has 0 bridgehead atoms. The molecule has 1 amide bonds. The van der Waals surface area contributed by atoms with Gasteiger partial charge in [0.2, 0.25) is 10.0 Å². The van der Waals surface area contributed by atoms with Crippen molar-refractivity contribution >= 4 is 21.9 Å². The molecule has 0 spiro atoms. The fourth-order valence-electron chi connectivity index (χ4n) is 2.94. The number of amides is 1. The monoisotopic (exact) mass is 368 g/mol. The van der Waals surface area contributed by atoms with E-state index < -0.39 is 16.0 Å². The van der Waals surface area contributed by atoms with E-state index in [1.807, 2.05) is 0 Å². The number of rotatable bonds is 8. The molecule has 0 radical (unpaired) electrons. The van der Waals surface area contributed by atoms with E-state index in [1.165, 1.54) is 23.1 Å². The second kappa shape index (κ2) is 8.44. The van der Waals surface area contributed by atoms with E-state index in [9.17, 15) is 18.0 Å².